The van der Waals surface area contributed by atoms with E-state index in [9.17, 15) is 9.59 Å². The van der Waals surface area contributed by atoms with Crippen molar-refractivity contribution in [3.8, 4) is 5.75 Å². The lowest BCUT2D eigenvalue weighted by atomic mass is 9.94. The summed E-state index contributed by atoms with van der Waals surface area (Å²) in [4.78, 5) is 27.2. The molecule has 0 fully saturated rings. The normalized spacial score (nSPS) is 16.0. The largest absolute Gasteiger partial charge is 0.492 e. The molecule has 0 spiro atoms. The smallest absolute Gasteiger partial charge is 0.319 e. The van der Waals surface area contributed by atoms with Gasteiger partial charge in [-0.05, 0) is 43.7 Å². The fraction of sp³-hybridized carbons (Fsp3) is 0.273. The number of anilines is 2. The predicted molar refractivity (Wildman–Crippen MR) is 114 cm³/mol. The molecule has 3 rings (SSSR count). The highest BCUT2D eigenvalue weighted by Gasteiger charge is 2.31. The number of carbonyl (C=O) groups excluding carboxylic acids is 2. The molecule has 3 amide bonds. The van der Waals surface area contributed by atoms with E-state index in [1.807, 2.05) is 62.3 Å². The highest BCUT2D eigenvalue weighted by atomic mass is 16.5. The number of rotatable bonds is 6. The van der Waals surface area contributed by atoms with Gasteiger partial charge < -0.3 is 25.6 Å². The SMILES string of the molecule is CCOc1ccccc1NC(=O)C1=C(C)NC(=O)N[C@H]1c1ccc(N(C)C)cc1. The second kappa shape index (κ2) is 8.68. The predicted octanol–water partition coefficient (Wildman–Crippen LogP) is 3.42. The number of benzene rings is 2. The van der Waals surface area contributed by atoms with E-state index in [1.165, 1.54) is 0 Å². The van der Waals surface area contributed by atoms with Crippen molar-refractivity contribution in [1.82, 2.24) is 10.6 Å². The van der Waals surface area contributed by atoms with Crippen LogP contribution in [-0.2, 0) is 4.79 Å². The summed E-state index contributed by atoms with van der Waals surface area (Å²) in [6, 6.07) is 14.1. The number of hydrogen-bond donors (Lipinski definition) is 3. The molecule has 1 atom stereocenters. The fourth-order valence-corrected chi connectivity index (χ4v) is 3.25. The van der Waals surface area contributed by atoms with Crippen molar-refractivity contribution in [3.63, 3.8) is 0 Å². The maximum absolute atomic E-state index is 13.2. The van der Waals surface area contributed by atoms with Gasteiger partial charge in [0.1, 0.15) is 5.75 Å². The van der Waals surface area contributed by atoms with Gasteiger partial charge in [-0.1, -0.05) is 24.3 Å². The van der Waals surface area contributed by atoms with Crippen LogP contribution >= 0.6 is 0 Å². The molecule has 1 heterocycles. The van der Waals surface area contributed by atoms with Crippen molar-refractivity contribution in [3.05, 3.63) is 65.4 Å². The number of ether oxygens (including phenoxy) is 1. The minimum absolute atomic E-state index is 0.302. The van der Waals surface area contributed by atoms with Gasteiger partial charge in [0.15, 0.2) is 0 Å². The van der Waals surface area contributed by atoms with Crippen molar-refractivity contribution in [2.75, 3.05) is 30.9 Å². The van der Waals surface area contributed by atoms with Crippen molar-refractivity contribution in [2.45, 2.75) is 19.9 Å². The first-order valence-corrected chi connectivity index (χ1v) is 9.49. The van der Waals surface area contributed by atoms with Crippen molar-refractivity contribution < 1.29 is 14.3 Å². The Morgan fingerprint density at radius 1 is 1.14 bits per heavy atom. The van der Waals surface area contributed by atoms with Crippen LogP contribution in [0.4, 0.5) is 16.2 Å². The van der Waals surface area contributed by atoms with Crippen LogP contribution in [0.25, 0.3) is 0 Å². The van der Waals surface area contributed by atoms with Gasteiger partial charge in [-0.25, -0.2) is 4.79 Å². The monoisotopic (exact) mass is 394 g/mol. The van der Waals surface area contributed by atoms with Gasteiger partial charge in [0, 0.05) is 25.5 Å². The van der Waals surface area contributed by atoms with E-state index in [0.717, 1.165) is 11.3 Å². The highest BCUT2D eigenvalue weighted by Crippen LogP contribution is 2.30. The maximum atomic E-state index is 13.2. The van der Waals surface area contributed by atoms with Crippen LogP contribution in [0.2, 0.25) is 0 Å². The molecule has 1 aliphatic heterocycles. The van der Waals surface area contributed by atoms with Gasteiger partial charge in [-0.2, -0.15) is 0 Å². The Morgan fingerprint density at radius 3 is 2.48 bits per heavy atom. The molecule has 29 heavy (non-hydrogen) atoms. The van der Waals surface area contributed by atoms with Crippen LogP contribution in [0.1, 0.15) is 25.5 Å². The van der Waals surface area contributed by atoms with E-state index in [-0.39, 0.29) is 11.9 Å². The Kier molecular flexibility index (Phi) is 6.07. The molecule has 7 heteroatoms. The molecule has 0 unspecified atom stereocenters. The Bertz CT molecular complexity index is 935. The summed E-state index contributed by atoms with van der Waals surface area (Å²) in [6.07, 6.45) is 0. The van der Waals surface area contributed by atoms with Gasteiger partial charge in [-0.3, -0.25) is 4.79 Å². The number of para-hydroxylation sites is 2. The molecule has 0 saturated heterocycles. The molecule has 3 N–H and O–H groups in total. The minimum atomic E-state index is -0.556. The lowest BCUT2D eigenvalue weighted by Gasteiger charge is -2.29. The van der Waals surface area contributed by atoms with E-state index in [2.05, 4.69) is 16.0 Å². The summed E-state index contributed by atoms with van der Waals surface area (Å²) in [5, 5.41) is 8.47. The molecular formula is C22H26N4O3. The van der Waals surface area contributed by atoms with Crippen LogP contribution in [0.5, 0.6) is 5.75 Å². The van der Waals surface area contributed by atoms with E-state index in [0.29, 0.717) is 29.3 Å². The number of hydrogen-bond acceptors (Lipinski definition) is 4. The molecule has 0 radical (unpaired) electrons. The summed E-state index contributed by atoms with van der Waals surface area (Å²) < 4.78 is 5.60. The molecule has 0 bridgehead atoms. The number of nitrogens with one attached hydrogen (secondary N) is 3. The molecule has 7 nitrogen and oxygen atoms in total. The number of urea groups is 1. The number of amides is 3. The molecule has 152 valence electrons. The van der Waals surface area contributed by atoms with Gasteiger partial charge in [0.05, 0.1) is 23.9 Å². The topological polar surface area (TPSA) is 82.7 Å². The molecule has 2 aromatic carbocycles. The summed E-state index contributed by atoms with van der Waals surface area (Å²) in [5.74, 6) is 0.296. The van der Waals surface area contributed by atoms with E-state index >= 15 is 0 Å². The number of allylic oxidation sites excluding steroid dienone is 1. The summed E-state index contributed by atoms with van der Waals surface area (Å²) in [7, 11) is 3.92. The zero-order valence-corrected chi connectivity index (χ0v) is 17.1. The molecular weight excluding hydrogens is 368 g/mol. The van der Waals surface area contributed by atoms with E-state index in [1.54, 1.807) is 19.1 Å². The summed E-state index contributed by atoms with van der Waals surface area (Å²) in [6.45, 7) is 4.11. The maximum Gasteiger partial charge on any atom is 0.319 e. The van der Waals surface area contributed by atoms with Crippen LogP contribution in [0, 0.1) is 0 Å². The Morgan fingerprint density at radius 2 is 1.83 bits per heavy atom. The first-order chi connectivity index (χ1) is 13.9. The first kappa shape index (κ1) is 20.3. The Labute approximate surface area is 170 Å². The minimum Gasteiger partial charge on any atom is -0.492 e. The van der Waals surface area contributed by atoms with Crippen LogP contribution in [0.3, 0.4) is 0 Å². The molecule has 0 aliphatic carbocycles. The third kappa shape index (κ3) is 4.51. The Balaban J connectivity index is 1.92. The van der Waals surface area contributed by atoms with E-state index < -0.39 is 6.04 Å². The summed E-state index contributed by atoms with van der Waals surface area (Å²) in [5.41, 5.74) is 3.41. The van der Waals surface area contributed by atoms with Crippen molar-refractivity contribution in [1.29, 1.82) is 0 Å². The van der Waals surface area contributed by atoms with Gasteiger partial charge in [0.25, 0.3) is 5.91 Å². The lowest BCUT2D eigenvalue weighted by molar-refractivity contribution is -0.113. The summed E-state index contributed by atoms with van der Waals surface area (Å²) >= 11 is 0. The van der Waals surface area contributed by atoms with Gasteiger partial charge >= 0.3 is 6.03 Å². The second-order valence-electron chi connectivity index (χ2n) is 6.94. The molecule has 2 aromatic rings. The third-order valence-electron chi connectivity index (χ3n) is 4.69. The lowest BCUT2D eigenvalue weighted by Crippen LogP contribution is -2.46. The fourth-order valence-electron chi connectivity index (χ4n) is 3.25. The standard InChI is InChI=1S/C22H26N4O3/c1-5-29-18-9-7-6-8-17(18)24-21(27)19-14(2)23-22(28)25-20(19)15-10-12-16(13-11-15)26(3)4/h6-13,20H,5H2,1-4H3,(H,24,27)(H2,23,25,28)/t20-/m0/s1. The first-order valence-electron chi connectivity index (χ1n) is 9.49. The molecule has 0 saturated carbocycles. The van der Waals surface area contributed by atoms with Crippen molar-refractivity contribution >= 4 is 23.3 Å². The Hall–Kier alpha value is -3.48. The van der Waals surface area contributed by atoms with Crippen LogP contribution in [0.15, 0.2) is 59.8 Å². The highest BCUT2D eigenvalue weighted by molar-refractivity contribution is 6.07. The molecule has 1 aliphatic rings. The number of carbonyl (C=O) groups is 2. The zero-order chi connectivity index (χ0) is 21.0. The van der Waals surface area contributed by atoms with Gasteiger partial charge in [0.2, 0.25) is 0 Å². The quantitative estimate of drug-likeness (QED) is 0.701. The van der Waals surface area contributed by atoms with E-state index in [4.69, 9.17) is 4.74 Å². The van der Waals surface area contributed by atoms with Gasteiger partial charge in [-0.15, -0.1) is 0 Å². The van der Waals surface area contributed by atoms with Crippen LogP contribution in [-0.4, -0.2) is 32.6 Å². The zero-order valence-electron chi connectivity index (χ0n) is 17.1. The average molecular weight is 394 g/mol. The second-order valence-corrected chi connectivity index (χ2v) is 6.94. The van der Waals surface area contributed by atoms with Crippen LogP contribution < -0.4 is 25.6 Å². The average Bonchev–Trinajstić information content (AvgIpc) is 2.69. The third-order valence-corrected chi connectivity index (χ3v) is 4.69. The number of nitrogens with zero attached hydrogens (tertiary/aromatic N) is 1. The van der Waals surface area contributed by atoms with Crippen molar-refractivity contribution in [2.24, 2.45) is 0 Å². The molecule has 0 aromatic heterocycles.